The van der Waals surface area contributed by atoms with E-state index in [1.54, 1.807) is 6.20 Å². The van der Waals surface area contributed by atoms with Crippen molar-refractivity contribution in [3.8, 4) is 0 Å². The Kier molecular flexibility index (Phi) is 4.94. The van der Waals surface area contributed by atoms with Crippen molar-refractivity contribution in [2.45, 2.75) is 45.5 Å². The van der Waals surface area contributed by atoms with Crippen molar-refractivity contribution in [3.05, 3.63) is 22.8 Å². The maximum absolute atomic E-state index is 15.0. The second-order valence-corrected chi connectivity index (χ2v) is 7.46. The van der Waals surface area contributed by atoms with Crippen LogP contribution in [0.2, 0.25) is 0 Å². The molecule has 7 heteroatoms. The highest BCUT2D eigenvalue weighted by atomic mass is 79.9. The van der Waals surface area contributed by atoms with E-state index >= 15 is 0 Å². The van der Waals surface area contributed by atoms with Crippen LogP contribution >= 0.6 is 15.9 Å². The molecular weight excluding hydrogens is 353 g/mol. The van der Waals surface area contributed by atoms with E-state index < -0.39 is 24.4 Å². The maximum atomic E-state index is 15.0. The van der Waals surface area contributed by atoms with E-state index in [1.807, 2.05) is 37.8 Å². The summed E-state index contributed by atoms with van der Waals surface area (Å²) in [4.78, 5) is 17.3. The van der Waals surface area contributed by atoms with Crippen LogP contribution in [0.3, 0.4) is 0 Å². The number of carbonyl (C=O) groups excluding carboxylic acids is 1. The Bertz CT molecular complexity index is 533. The number of aromatic nitrogens is 1. The van der Waals surface area contributed by atoms with E-state index in [2.05, 4.69) is 20.9 Å². The monoisotopic (exact) mass is 373 g/mol. The molecule has 1 aliphatic heterocycles. The van der Waals surface area contributed by atoms with Crippen LogP contribution in [0.5, 0.6) is 0 Å². The van der Waals surface area contributed by atoms with Gasteiger partial charge in [-0.3, -0.25) is 0 Å². The predicted octanol–water partition coefficient (Wildman–Crippen LogP) is 3.27. The molecule has 1 amide bonds. The molecule has 1 fully saturated rings. The summed E-state index contributed by atoms with van der Waals surface area (Å²) in [5, 5.41) is 0. The van der Waals surface area contributed by atoms with Gasteiger partial charge >= 0.3 is 6.09 Å². The quantitative estimate of drug-likeness (QED) is 0.863. The third-order valence-corrected chi connectivity index (χ3v) is 4.28. The molecule has 1 aromatic heterocycles. The Morgan fingerprint density at radius 2 is 2.18 bits per heavy atom. The summed E-state index contributed by atoms with van der Waals surface area (Å²) in [6.45, 7) is 6.43. The van der Waals surface area contributed by atoms with Gasteiger partial charge in [0.2, 0.25) is 0 Å². The number of pyridine rings is 1. The molecule has 0 spiro atoms. The highest BCUT2D eigenvalue weighted by Gasteiger charge is 2.46. The van der Waals surface area contributed by atoms with Crippen molar-refractivity contribution in [3.63, 3.8) is 0 Å². The highest BCUT2D eigenvalue weighted by Crippen LogP contribution is 2.37. The number of hydrogen-bond donors (Lipinski definition) is 1. The molecule has 2 N–H and O–H groups in total. The molecule has 1 aliphatic rings. The Balaban J connectivity index is 2.30. The average molecular weight is 374 g/mol. The van der Waals surface area contributed by atoms with E-state index in [0.717, 1.165) is 4.47 Å². The summed E-state index contributed by atoms with van der Waals surface area (Å²) >= 11 is 3.35. The SMILES string of the molecule is CC(C)(C)C1C(F)C(OC(N)=O)CCN1c1ccc(Br)cn1. The fraction of sp³-hybridized carbons (Fsp3) is 0.600. The molecule has 1 saturated heterocycles. The number of nitrogens with two attached hydrogens (primary N) is 1. The van der Waals surface area contributed by atoms with Gasteiger partial charge in [-0.25, -0.2) is 14.2 Å². The number of primary amides is 1. The zero-order chi connectivity index (χ0) is 16.5. The number of halogens is 2. The lowest BCUT2D eigenvalue weighted by atomic mass is 9.78. The lowest BCUT2D eigenvalue weighted by Crippen LogP contribution is -2.59. The number of rotatable bonds is 2. The molecule has 22 heavy (non-hydrogen) atoms. The van der Waals surface area contributed by atoms with Gasteiger partial charge < -0.3 is 15.4 Å². The van der Waals surface area contributed by atoms with Crippen LogP contribution in [0.15, 0.2) is 22.8 Å². The summed E-state index contributed by atoms with van der Waals surface area (Å²) in [7, 11) is 0. The van der Waals surface area contributed by atoms with Gasteiger partial charge in [-0.15, -0.1) is 0 Å². The molecule has 122 valence electrons. The van der Waals surface area contributed by atoms with Crippen LogP contribution in [-0.2, 0) is 4.74 Å². The second-order valence-electron chi connectivity index (χ2n) is 6.55. The zero-order valence-corrected chi connectivity index (χ0v) is 14.5. The van der Waals surface area contributed by atoms with Crippen molar-refractivity contribution in [2.24, 2.45) is 11.1 Å². The summed E-state index contributed by atoms with van der Waals surface area (Å²) in [5.74, 6) is 0.711. The van der Waals surface area contributed by atoms with E-state index in [-0.39, 0.29) is 5.41 Å². The molecule has 3 atom stereocenters. The molecule has 0 bridgehead atoms. The van der Waals surface area contributed by atoms with Crippen LogP contribution in [0, 0.1) is 5.41 Å². The van der Waals surface area contributed by atoms with Crippen LogP contribution < -0.4 is 10.6 Å². The molecule has 0 aliphatic carbocycles. The minimum Gasteiger partial charge on any atom is -0.443 e. The third kappa shape index (κ3) is 3.69. The summed E-state index contributed by atoms with van der Waals surface area (Å²) in [6.07, 6.45) is -1.00. The average Bonchev–Trinajstić information content (AvgIpc) is 2.40. The number of alkyl halides is 1. The number of carbonyl (C=O) groups is 1. The number of piperidine rings is 1. The zero-order valence-electron chi connectivity index (χ0n) is 12.9. The lowest BCUT2D eigenvalue weighted by Gasteiger charge is -2.48. The largest absolute Gasteiger partial charge is 0.443 e. The molecule has 1 aromatic rings. The van der Waals surface area contributed by atoms with E-state index in [4.69, 9.17) is 10.5 Å². The number of ether oxygens (including phenoxy) is 1. The number of anilines is 1. The molecular formula is C15H21BrFN3O2. The standard InChI is InChI=1S/C15H21BrFN3O2/c1-15(2,3)13-12(17)10(22-14(18)21)6-7-20(13)11-5-4-9(16)8-19-11/h4-5,8,10,12-13H,6-7H2,1-3H3,(H2,18,21). The molecule has 2 rings (SSSR count). The first-order valence-electron chi connectivity index (χ1n) is 7.18. The lowest BCUT2D eigenvalue weighted by molar-refractivity contribution is -0.00146. The molecule has 0 aromatic carbocycles. The van der Waals surface area contributed by atoms with Gasteiger partial charge in [-0.2, -0.15) is 0 Å². The van der Waals surface area contributed by atoms with Crippen molar-refractivity contribution in [1.29, 1.82) is 0 Å². The van der Waals surface area contributed by atoms with E-state index in [1.165, 1.54) is 0 Å². The Morgan fingerprint density at radius 3 is 2.68 bits per heavy atom. The van der Waals surface area contributed by atoms with Crippen molar-refractivity contribution >= 4 is 27.8 Å². The van der Waals surface area contributed by atoms with Gasteiger partial charge in [-0.05, 0) is 33.5 Å². The van der Waals surface area contributed by atoms with Crippen LogP contribution in [0.25, 0.3) is 0 Å². The Labute approximate surface area is 138 Å². The molecule has 0 saturated carbocycles. The number of hydrogen-bond acceptors (Lipinski definition) is 4. The maximum Gasteiger partial charge on any atom is 0.404 e. The summed E-state index contributed by atoms with van der Waals surface area (Å²) in [6, 6.07) is 3.27. The highest BCUT2D eigenvalue weighted by molar-refractivity contribution is 9.10. The normalized spacial score (nSPS) is 25.9. The molecule has 5 nitrogen and oxygen atoms in total. The van der Waals surface area contributed by atoms with Gasteiger partial charge in [-0.1, -0.05) is 20.8 Å². The molecule has 0 radical (unpaired) electrons. The third-order valence-electron chi connectivity index (χ3n) is 3.81. The first-order valence-corrected chi connectivity index (χ1v) is 7.98. The first kappa shape index (κ1) is 17.0. The van der Waals surface area contributed by atoms with Crippen LogP contribution in [0.1, 0.15) is 27.2 Å². The minimum atomic E-state index is -1.33. The van der Waals surface area contributed by atoms with Gasteiger partial charge in [0.25, 0.3) is 0 Å². The van der Waals surface area contributed by atoms with Gasteiger partial charge in [0.1, 0.15) is 11.9 Å². The Morgan fingerprint density at radius 1 is 1.50 bits per heavy atom. The minimum absolute atomic E-state index is 0.353. The summed E-state index contributed by atoms with van der Waals surface area (Å²) in [5.41, 5.74) is 4.69. The van der Waals surface area contributed by atoms with E-state index in [9.17, 15) is 9.18 Å². The van der Waals surface area contributed by atoms with E-state index in [0.29, 0.717) is 18.8 Å². The predicted molar refractivity (Wildman–Crippen MR) is 86.5 cm³/mol. The van der Waals surface area contributed by atoms with Crippen molar-refractivity contribution in [2.75, 3.05) is 11.4 Å². The fourth-order valence-corrected chi connectivity index (χ4v) is 3.19. The van der Waals surface area contributed by atoms with Crippen LogP contribution in [0.4, 0.5) is 15.0 Å². The second kappa shape index (κ2) is 6.40. The molecule has 2 heterocycles. The molecule has 3 unspecified atom stereocenters. The van der Waals surface area contributed by atoms with Gasteiger partial charge in [0, 0.05) is 23.6 Å². The van der Waals surface area contributed by atoms with Gasteiger partial charge in [0.05, 0.1) is 6.04 Å². The first-order chi connectivity index (χ1) is 10.2. The number of nitrogens with zero attached hydrogens (tertiary/aromatic N) is 2. The number of amides is 1. The van der Waals surface area contributed by atoms with Crippen molar-refractivity contribution in [1.82, 2.24) is 4.98 Å². The Hall–Kier alpha value is -1.37. The van der Waals surface area contributed by atoms with Gasteiger partial charge in [0.15, 0.2) is 6.17 Å². The topological polar surface area (TPSA) is 68.5 Å². The fourth-order valence-electron chi connectivity index (χ4n) is 2.95. The smallest absolute Gasteiger partial charge is 0.404 e. The summed E-state index contributed by atoms with van der Waals surface area (Å²) < 4.78 is 20.8. The van der Waals surface area contributed by atoms with Crippen molar-refractivity contribution < 1.29 is 13.9 Å². The van der Waals surface area contributed by atoms with Crippen LogP contribution in [-0.4, -0.2) is 35.9 Å².